The van der Waals surface area contributed by atoms with Crippen molar-refractivity contribution in [2.24, 2.45) is 0 Å². The van der Waals surface area contributed by atoms with Gasteiger partial charge in [0, 0.05) is 38.7 Å². The summed E-state index contributed by atoms with van der Waals surface area (Å²) in [5.74, 6) is 1.33. The van der Waals surface area contributed by atoms with E-state index in [1.807, 2.05) is 67.2 Å². The SMILES string of the molecule is Cc1cccc(C(=O)N2CCC(Oc3ccc(N(C)C)nn3)C2)c1. The number of likely N-dealkylation sites (tertiary alicyclic amines) is 1. The Kier molecular flexibility index (Phi) is 4.64. The Morgan fingerprint density at radius 3 is 2.75 bits per heavy atom. The number of carbonyl (C=O) groups is 1. The number of aryl methyl sites for hydroxylation is 1. The van der Waals surface area contributed by atoms with Crippen LogP contribution in [0, 0.1) is 6.92 Å². The first-order valence-electron chi connectivity index (χ1n) is 8.06. The zero-order chi connectivity index (χ0) is 17.1. The largest absolute Gasteiger partial charge is 0.471 e. The third kappa shape index (κ3) is 3.64. The van der Waals surface area contributed by atoms with E-state index in [9.17, 15) is 4.79 Å². The van der Waals surface area contributed by atoms with E-state index in [4.69, 9.17) is 4.74 Å². The number of ether oxygens (including phenoxy) is 1. The van der Waals surface area contributed by atoms with Crippen LogP contribution in [-0.2, 0) is 0 Å². The predicted molar refractivity (Wildman–Crippen MR) is 92.5 cm³/mol. The molecule has 1 aromatic heterocycles. The lowest BCUT2D eigenvalue weighted by Crippen LogP contribution is -2.31. The van der Waals surface area contributed by atoms with Gasteiger partial charge in [-0.2, -0.15) is 0 Å². The molecule has 0 aliphatic carbocycles. The number of carbonyl (C=O) groups excluding carboxylic acids is 1. The van der Waals surface area contributed by atoms with Crippen LogP contribution in [-0.4, -0.2) is 54.3 Å². The van der Waals surface area contributed by atoms with Gasteiger partial charge in [-0.05, 0) is 25.1 Å². The fraction of sp³-hybridized carbons (Fsp3) is 0.389. The van der Waals surface area contributed by atoms with E-state index >= 15 is 0 Å². The molecular weight excluding hydrogens is 304 g/mol. The maximum Gasteiger partial charge on any atom is 0.253 e. The van der Waals surface area contributed by atoms with Crippen molar-refractivity contribution in [1.29, 1.82) is 0 Å². The monoisotopic (exact) mass is 326 g/mol. The van der Waals surface area contributed by atoms with Crippen molar-refractivity contribution in [3.63, 3.8) is 0 Å². The Labute approximate surface area is 142 Å². The van der Waals surface area contributed by atoms with Gasteiger partial charge < -0.3 is 14.5 Å². The maximum atomic E-state index is 12.6. The zero-order valence-electron chi connectivity index (χ0n) is 14.3. The van der Waals surface area contributed by atoms with Crippen LogP contribution in [0.3, 0.4) is 0 Å². The van der Waals surface area contributed by atoms with Crippen LogP contribution in [0.4, 0.5) is 5.82 Å². The van der Waals surface area contributed by atoms with Crippen LogP contribution in [0.1, 0.15) is 22.3 Å². The molecule has 0 N–H and O–H groups in total. The summed E-state index contributed by atoms with van der Waals surface area (Å²) in [6.45, 7) is 3.26. The molecular formula is C18H22N4O2. The van der Waals surface area contributed by atoms with Crippen LogP contribution >= 0.6 is 0 Å². The van der Waals surface area contributed by atoms with Gasteiger partial charge in [-0.15, -0.1) is 10.2 Å². The number of nitrogens with zero attached hydrogens (tertiary/aromatic N) is 4. The number of anilines is 1. The van der Waals surface area contributed by atoms with Gasteiger partial charge in [0.05, 0.1) is 6.54 Å². The fourth-order valence-corrected chi connectivity index (χ4v) is 2.75. The van der Waals surface area contributed by atoms with E-state index in [2.05, 4.69) is 10.2 Å². The first kappa shape index (κ1) is 16.2. The van der Waals surface area contributed by atoms with Crippen molar-refractivity contribution < 1.29 is 9.53 Å². The predicted octanol–water partition coefficient (Wildman–Crippen LogP) is 2.14. The summed E-state index contributed by atoms with van der Waals surface area (Å²) in [5, 5.41) is 8.19. The van der Waals surface area contributed by atoms with E-state index in [-0.39, 0.29) is 12.0 Å². The highest BCUT2D eigenvalue weighted by molar-refractivity contribution is 5.94. The molecule has 1 unspecified atom stereocenters. The summed E-state index contributed by atoms with van der Waals surface area (Å²) >= 11 is 0. The fourth-order valence-electron chi connectivity index (χ4n) is 2.75. The van der Waals surface area contributed by atoms with E-state index in [0.29, 0.717) is 19.0 Å². The third-order valence-corrected chi connectivity index (χ3v) is 4.07. The molecule has 2 heterocycles. The first-order valence-corrected chi connectivity index (χ1v) is 8.06. The van der Waals surface area contributed by atoms with E-state index in [1.165, 1.54) is 0 Å². The lowest BCUT2D eigenvalue weighted by molar-refractivity contribution is 0.0771. The maximum absolute atomic E-state index is 12.6. The molecule has 1 aliphatic rings. The molecule has 1 aliphatic heterocycles. The summed E-state index contributed by atoms with van der Waals surface area (Å²) in [6, 6.07) is 11.4. The van der Waals surface area contributed by atoms with Gasteiger partial charge in [0.15, 0.2) is 5.82 Å². The lowest BCUT2D eigenvalue weighted by atomic mass is 10.1. The van der Waals surface area contributed by atoms with E-state index < -0.39 is 0 Å². The molecule has 6 heteroatoms. The molecule has 1 saturated heterocycles. The van der Waals surface area contributed by atoms with E-state index in [0.717, 1.165) is 23.4 Å². The van der Waals surface area contributed by atoms with Gasteiger partial charge in [-0.1, -0.05) is 17.7 Å². The van der Waals surface area contributed by atoms with Gasteiger partial charge in [-0.3, -0.25) is 4.79 Å². The minimum absolute atomic E-state index is 0.0433. The summed E-state index contributed by atoms with van der Waals surface area (Å²) in [4.78, 5) is 16.3. The van der Waals surface area contributed by atoms with Crippen molar-refractivity contribution in [3.8, 4) is 5.88 Å². The highest BCUT2D eigenvalue weighted by Gasteiger charge is 2.28. The first-order chi connectivity index (χ1) is 11.5. The highest BCUT2D eigenvalue weighted by atomic mass is 16.5. The van der Waals surface area contributed by atoms with Crippen molar-refractivity contribution in [1.82, 2.24) is 15.1 Å². The molecule has 1 amide bonds. The summed E-state index contributed by atoms with van der Waals surface area (Å²) in [6.07, 6.45) is 0.757. The van der Waals surface area contributed by atoms with Crippen molar-refractivity contribution >= 4 is 11.7 Å². The normalized spacial score (nSPS) is 17.0. The van der Waals surface area contributed by atoms with E-state index in [1.54, 1.807) is 0 Å². The lowest BCUT2D eigenvalue weighted by Gasteiger charge is -2.17. The number of rotatable bonds is 4. The molecule has 0 saturated carbocycles. The molecule has 1 aromatic carbocycles. The Morgan fingerprint density at radius 2 is 2.08 bits per heavy atom. The van der Waals surface area contributed by atoms with Crippen LogP contribution in [0.2, 0.25) is 0 Å². The molecule has 3 rings (SSSR count). The molecule has 2 aromatic rings. The van der Waals surface area contributed by atoms with Crippen molar-refractivity contribution in [2.75, 3.05) is 32.1 Å². The molecule has 24 heavy (non-hydrogen) atoms. The molecule has 0 bridgehead atoms. The average Bonchev–Trinajstić information content (AvgIpc) is 3.03. The molecule has 0 radical (unpaired) electrons. The van der Waals surface area contributed by atoms with Gasteiger partial charge in [0.2, 0.25) is 5.88 Å². The summed E-state index contributed by atoms with van der Waals surface area (Å²) in [7, 11) is 3.83. The number of benzene rings is 1. The van der Waals surface area contributed by atoms with Gasteiger partial charge >= 0.3 is 0 Å². The van der Waals surface area contributed by atoms with Crippen LogP contribution < -0.4 is 9.64 Å². The second kappa shape index (κ2) is 6.86. The molecule has 1 atom stereocenters. The molecule has 6 nitrogen and oxygen atoms in total. The minimum Gasteiger partial charge on any atom is -0.471 e. The summed E-state index contributed by atoms with van der Waals surface area (Å²) < 4.78 is 5.86. The Morgan fingerprint density at radius 1 is 1.25 bits per heavy atom. The number of aromatic nitrogens is 2. The quantitative estimate of drug-likeness (QED) is 0.861. The number of amides is 1. The Balaban J connectivity index is 1.60. The topological polar surface area (TPSA) is 58.6 Å². The molecule has 1 fully saturated rings. The Hall–Kier alpha value is -2.63. The Bertz CT molecular complexity index is 715. The minimum atomic E-state index is -0.0433. The third-order valence-electron chi connectivity index (χ3n) is 4.07. The molecule has 0 spiro atoms. The smallest absolute Gasteiger partial charge is 0.253 e. The van der Waals surface area contributed by atoms with Crippen molar-refractivity contribution in [2.45, 2.75) is 19.4 Å². The van der Waals surface area contributed by atoms with Crippen molar-refractivity contribution in [3.05, 3.63) is 47.5 Å². The van der Waals surface area contributed by atoms with Crippen LogP contribution in [0.25, 0.3) is 0 Å². The van der Waals surface area contributed by atoms with Gasteiger partial charge in [0.1, 0.15) is 6.10 Å². The van der Waals surface area contributed by atoms with Crippen LogP contribution in [0.15, 0.2) is 36.4 Å². The molecule has 126 valence electrons. The van der Waals surface area contributed by atoms with Gasteiger partial charge in [-0.25, -0.2) is 0 Å². The highest BCUT2D eigenvalue weighted by Crippen LogP contribution is 2.19. The second-order valence-electron chi connectivity index (χ2n) is 6.27. The second-order valence-corrected chi connectivity index (χ2v) is 6.27. The zero-order valence-corrected chi connectivity index (χ0v) is 14.3. The van der Waals surface area contributed by atoms with Crippen LogP contribution in [0.5, 0.6) is 5.88 Å². The summed E-state index contributed by atoms with van der Waals surface area (Å²) in [5.41, 5.74) is 1.81. The standard InChI is InChI=1S/C18H22N4O2/c1-13-5-4-6-14(11-13)18(23)22-10-9-15(12-22)24-17-8-7-16(19-20-17)21(2)3/h4-8,11,15H,9-10,12H2,1-3H3. The number of hydrogen-bond acceptors (Lipinski definition) is 5. The van der Waals surface area contributed by atoms with Gasteiger partial charge in [0.25, 0.3) is 5.91 Å². The number of hydrogen-bond donors (Lipinski definition) is 0. The average molecular weight is 326 g/mol.